The van der Waals surface area contributed by atoms with Gasteiger partial charge in [0, 0.05) is 5.69 Å². The summed E-state index contributed by atoms with van der Waals surface area (Å²) in [6, 6.07) is 12.8. The second-order valence-electron chi connectivity index (χ2n) is 4.89. The Balaban J connectivity index is 1.94. The first kappa shape index (κ1) is 15.1. The molecule has 0 bridgehead atoms. The summed E-state index contributed by atoms with van der Waals surface area (Å²) < 4.78 is 5.55. The van der Waals surface area contributed by atoms with Gasteiger partial charge in [-0.15, -0.1) is 0 Å². The molecule has 2 aromatic rings. The number of rotatable bonds is 5. The monoisotopic (exact) mass is 285 g/mol. The Morgan fingerprint density at radius 1 is 1.19 bits per heavy atom. The van der Waals surface area contributed by atoms with E-state index in [0.29, 0.717) is 11.4 Å². The number of aliphatic hydroxyl groups is 1. The molecule has 0 aliphatic carbocycles. The summed E-state index contributed by atoms with van der Waals surface area (Å²) in [6.07, 6.45) is 0. The van der Waals surface area contributed by atoms with Crippen LogP contribution in [0.15, 0.2) is 42.5 Å². The van der Waals surface area contributed by atoms with Crippen LogP contribution in [-0.2, 0) is 11.4 Å². The summed E-state index contributed by atoms with van der Waals surface area (Å²) in [5.74, 6) is 0.486. The number of carbonyl (C=O) groups excluding carboxylic acids is 1. The number of anilines is 1. The smallest absolute Gasteiger partial charge is 0.262 e. The Labute approximate surface area is 124 Å². The van der Waals surface area contributed by atoms with Gasteiger partial charge in [-0.3, -0.25) is 4.79 Å². The molecule has 1 amide bonds. The molecule has 0 atom stereocenters. The zero-order valence-electron chi connectivity index (χ0n) is 12.2. The predicted molar refractivity (Wildman–Crippen MR) is 82.4 cm³/mol. The van der Waals surface area contributed by atoms with Gasteiger partial charge in [-0.25, -0.2) is 0 Å². The topological polar surface area (TPSA) is 58.6 Å². The number of ether oxygens (including phenoxy) is 1. The van der Waals surface area contributed by atoms with Gasteiger partial charge in [-0.2, -0.15) is 0 Å². The summed E-state index contributed by atoms with van der Waals surface area (Å²) in [7, 11) is 0. The molecule has 0 heterocycles. The minimum absolute atomic E-state index is 0.0480. The molecule has 2 rings (SSSR count). The minimum atomic E-state index is -0.231. The molecule has 21 heavy (non-hydrogen) atoms. The molecule has 110 valence electrons. The minimum Gasteiger partial charge on any atom is -0.483 e. The van der Waals surface area contributed by atoms with Crippen molar-refractivity contribution in [3.05, 3.63) is 59.2 Å². The Morgan fingerprint density at radius 3 is 2.71 bits per heavy atom. The van der Waals surface area contributed by atoms with Crippen LogP contribution in [0.1, 0.15) is 16.7 Å². The van der Waals surface area contributed by atoms with Crippen LogP contribution < -0.4 is 10.1 Å². The maximum Gasteiger partial charge on any atom is 0.262 e. The highest BCUT2D eigenvalue weighted by atomic mass is 16.5. The van der Waals surface area contributed by atoms with Gasteiger partial charge in [-0.1, -0.05) is 24.3 Å². The van der Waals surface area contributed by atoms with E-state index in [2.05, 4.69) is 5.32 Å². The number of aryl methyl sites for hydroxylation is 1. The second kappa shape index (κ2) is 6.90. The maximum absolute atomic E-state index is 11.9. The SMILES string of the molecule is Cc1cccc(OCC(=O)Nc2cccc(CO)c2)c1C. The van der Waals surface area contributed by atoms with Crippen LogP contribution in [0.3, 0.4) is 0 Å². The molecular formula is C17H19NO3. The summed E-state index contributed by atoms with van der Waals surface area (Å²) >= 11 is 0. The van der Waals surface area contributed by atoms with Gasteiger partial charge >= 0.3 is 0 Å². The molecule has 0 aliphatic heterocycles. The summed E-state index contributed by atoms with van der Waals surface area (Å²) in [5.41, 5.74) is 3.57. The van der Waals surface area contributed by atoms with E-state index in [1.165, 1.54) is 0 Å². The lowest BCUT2D eigenvalue weighted by atomic mass is 10.1. The van der Waals surface area contributed by atoms with E-state index in [0.717, 1.165) is 16.7 Å². The molecule has 0 aromatic heterocycles. The predicted octanol–water partition coefficient (Wildman–Crippen LogP) is 2.81. The van der Waals surface area contributed by atoms with E-state index in [4.69, 9.17) is 9.84 Å². The fourth-order valence-electron chi connectivity index (χ4n) is 1.97. The van der Waals surface area contributed by atoms with Crippen LogP contribution in [0.4, 0.5) is 5.69 Å². The number of hydrogen-bond donors (Lipinski definition) is 2. The van der Waals surface area contributed by atoms with E-state index in [9.17, 15) is 4.79 Å². The summed E-state index contributed by atoms with van der Waals surface area (Å²) in [5, 5.41) is 11.8. The van der Waals surface area contributed by atoms with E-state index in [1.807, 2.05) is 32.0 Å². The molecule has 4 heteroatoms. The molecular weight excluding hydrogens is 266 g/mol. The number of aliphatic hydroxyl groups excluding tert-OH is 1. The number of amides is 1. The highest BCUT2D eigenvalue weighted by molar-refractivity contribution is 5.91. The Bertz CT molecular complexity index is 638. The molecule has 0 radical (unpaired) electrons. The highest BCUT2D eigenvalue weighted by Gasteiger charge is 2.06. The lowest BCUT2D eigenvalue weighted by Gasteiger charge is -2.11. The molecule has 4 nitrogen and oxygen atoms in total. The molecule has 2 aromatic carbocycles. The molecule has 2 N–H and O–H groups in total. The number of benzene rings is 2. The van der Waals surface area contributed by atoms with Crippen molar-refractivity contribution in [1.29, 1.82) is 0 Å². The van der Waals surface area contributed by atoms with Crippen LogP contribution in [0.5, 0.6) is 5.75 Å². The summed E-state index contributed by atoms with van der Waals surface area (Å²) in [6.45, 7) is 3.87. The second-order valence-corrected chi connectivity index (χ2v) is 4.89. The highest BCUT2D eigenvalue weighted by Crippen LogP contribution is 2.20. The van der Waals surface area contributed by atoms with Crippen molar-refractivity contribution in [3.63, 3.8) is 0 Å². The van der Waals surface area contributed by atoms with Gasteiger partial charge in [0.25, 0.3) is 5.91 Å². The Morgan fingerprint density at radius 2 is 1.95 bits per heavy atom. The Kier molecular flexibility index (Phi) is 4.95. The van der Waals surface area contributed by atoms with Crippen LogP contribution in [0.2, 0.25) is 0 Å². The van der Waals surface area contributed by atoms with Gasteiger partial charge in [0.2, 0.25) is 0 Å². The number of carbonyl (C=O) groups is 1. The lowest BCUT2D eigenvalue weighted by molar-refractivity contribution is -0.118. The number of hydrogen-bond acceptors (Lipinski definition) is 3. The average molecular weight is 285 g/mol. The third kappa shape index (κ3) is 4.07. The third-order valence-electron chi connectivity index (χ3n) is 3.31. The van der Waals surface area contributed by atoms with Crippen molar-refractivity contribution in [2.24, 2.45) is 0 Å². The van der Waals surface area contributed by atoms with Crippen molar-refractivity contribution in [3.8, 4) is 5.75 Å². The van der Waals surface area contributed by atoms with Gasteiger partial charge in [0.1, 0.15) is 5.75 Å². The van der Waals surface area contributed by atoms with Crippen molar-refractivity contribution in [1.82, 2.24) is 0 Å². The number of nitrogens with one attached hydrogen (secondary N) is 1. The fraction of sp³-hybridized carbons (Fsp3) is 0.235. The van der Waals surface area contributed by atoms with Crippen LogP contribution in [0.25, 0.3) is 0 Å². The van der Waals surface area contributed by atoms with E-state index in [-0.39, 0.29) is 19.1 Å². The molecule has 0 aliphatic rings. The van der Waals surface area contributed by atoms with Crippen LogP contribution in [0, 0.1) is 13.8 Å². The Hall–Kier alpha value is -2.33. The quantitative estimate of drug-likeness (QED) is 0.888. The van der Waals surface area contributed by atoms with Crippen LogP contribution >= 0.6 is 0 Å². The van der Waals surface area contributed by atoms with Gasteiger partial charge < -0.3 is 15.2 Å². The molecule has 0 unspecified atom stereocenters. The van der Waals surface area contributed by atoms with E-state index < -0.39 is 0 Å². The first-order valence-corrected chi connectivity index (χ1v) is 6.79. The first-order valence-electron chi connectivity index (χ1n) is 6.79. The zero-order chi connectivity index (χ0) is 15.2. The average Bonchev–Trinajstić information content (AvgIpc) is 2.49. The lowest BCUT2D eigenvalue weighted by Crippen LogP contribution is -2.20. The van der Waals surface area contributed by atoms with Crippen molar-refractivity contribution >= 4 is 11.6 Å². The molecule has 0 fully saturated rings. The largest absolute Gasteiger partial charge is 0.483 e. The molecule has 0 saturated carbocycles. The van der Waals surface area contributed by atoms with Crippen molar-refractivity contribution in [2.45, 2.75) is 20.5 Å². The van der Waals surface area contributed by atoms with Gasteiger partial charge in [-0.05, 0) is 48.7 Å². The fourth-order valence-corrected chi connectivity index (χ4v) is 1.97. The third-order valence-corrected chi connectivity index (χ3v) is 3.31. The molecule has 0 spiro atoms. The first-order chi connectivity index (χ1) is 10.1. The van der Waals surface area contributed by atoms with Crippen LogP contribution in [-0.4, -0.2) is 17.6 Å². The van der Waals surface area contributed by atoms with Gasteiger partial charge in [0.15, 0.2) is 6.61 Å². The molecule has 0 saturated heterocycles. The van der Waals surface area contributed by atoms with Crippen molar-refractivity contribution in [2.75, 3.05) is 11.9 Å². The van der Waals surface area contributed by atoms with Gasteiger partial charge in [0.05, 0.1) is 6.61 Å². The maximum atomic E-state index is 11.9. The normalized spacial score (nSPS) is 10.2. The van der Waals surface area contributed by atoms with E-state index >= 15 is 0 Å². The van der Waals surface area contributed by atoms with Crippen molar-refractivity contribution < 1.29 is 14.6 Å². The standard InChI is InChI=1S/C17H19NO3/c1-12-5-3-8-16(13(12)2)21-11-17(20)18-15-7-4-6-14(9-15)10-19/h3-9,19H,10-11H2,1-2H3,(H,18,20). The van der Waals surface area contributed by atoms with E-state index in [1.54, 1.807) is 24.3 Å². The zero-order valence-corrected chi connectivity index (χ0v) is 12.2. The summed E-state index contributed by atoms with van der Waals surface area (Å²) in [4.78, 5) is 11.9.